The van der Waals surface area contributed by atoms with Gasteiger partial charge in [0.05, 0.1) is 6.42 Å². The zero-order valence-electron chi connectivity index (χ0n) is 8.68. The molecule has 0 aromatic rings. The molecule has 0 fully saturated rings. The molecule has 1 unspecified atom stereocenters. The van der Waals surface area contributed by atoms with Crippen molar-refractivity contribution in [3.8, 4) is 0 Å². The summed E-state index contributed by atoms with van der Waals surface area (Å²) in [5.74, 6) is -1.05. The fraction of sp³-hybridized carbons (Fsp3) is 0.154. The van der Waals surface area contributed by atoms with Crippen LogP contribution in [0.25, 0.3) is 0 Å². The van der Waals surface area contributed by atoms with Gasteiger partial charge in [-0.1, -0.05) is 30.9 Å². The van der Waals surface area contributed by atoms with Gasteiger partial charge in [0.15, 0.2) is 0 Å². The number of allylic oxidation sites excluding steroid dienone is 6. The van der Waals surface area contributed by atoms with Crippen molar-refractivity contribution < 1.29 is 15.0 Å². The molecule has 2 rings (SSSR count). The van der Waals surface area contributed by atoms with Crippen molar-refractivity contribution in [2.24, 2.45) is 0 Å². The minimum Gasteiger partial charge on any atom is -0.481 e. The SMILES string of the molecule is C=C1C=C2C=CC=C2C=CC1(O)CC(=O)O. The highest BCUT2D eigenvalue weighted by Crippen LogP contribution is 2.32. The van der Waals surface area contributed by atoms with Gasteiger partial charge in [-0.05, 0) is 28.9 Å². The highest BCUT2D eigenvalue weighted by molar-refractivity contribution is 5.71. The first kappa shape index (κ1) is 10.6. The Kier molecular flexibility index (Phi) is 2.40. The molecule has 3 heteroatoms. The van der Waals surface area contributed by atoms with Crippen molar-refractivity contribution in [2.45, 2.75) is 12.0 Å². The molecule has 82 valence electrons. The van der Waals surface area contributed by atoms with Crippen LogP contribution in [0, 0.1) is 0 Å². The van der Waals surface area contributed by atoms with Crippen molar-refractivity contribution >= 4 is 5.97 Å². The van der Waals surface area contributed by atoms with Crippen molar-refractivity contribution in [2.75, 3.05) is 0 Å². The van der Waals surface area contributed by atoms with E-state index < -0.39 is 11.6 Å². The second-order valence-corrected chi connectivity index (χ2v) is 3.93. The Hall–Kier alpha value is -1.87. The number of carboxylic acid groups (broad SMARTS) is 1. The molecule has 0 radical (unpaired) electrons. The normalized spacial score (nSPS) is 27.2. The lowest BCUT2D eigenvalue weighted by atomic mass is 9.91. The second kappa shape index (κ2) is 3.61. The van der Waals surface area contributed by atoms with E-state index in [9.17, 15) is 9.90 Å². The molecule has 1 atom stereocenters. The summed E-state index contributed by atoms with van der Waals surface area (Å²) in [7, 11) is 0. The summed E-state index contributed by atoms with van der Waals surface area (Å²) >= 11 is 0. The summed E-state index contributed by atoms with van der Waals surface area (Å²) in [6.45, 7) is 3.74. The van der Waals surface area contributed by atoms with Gasteiger partial charge in [-0.15, -0.1) is 0 Å². The lowest BCUT2D eigenvalue weighted by Crippen LogP contribution is -2.30. The van der Waals surface area contributed by atoms with Gasteiger partial charge >= 0.3 is 5.97 Å². The molecule has 2 aliphatic carbocycles. The van der Waals surface area contributed by atoms with Crippen LogP contribution in [0.5, 0.6) is 0 Å². The molecular formula is C13H12O3. The molecule has 0 amide bonds. The molecule has 0 bridgehead atoms. The number of hydrogen-bond acceptors (Lipinski definition) is 2. The maximum absolute atomic E-state index is 10.7. The molecule has 0 aromatic carbocycles. The highest BCUT2D eigenvalue weighted by atomic mass is 16.4. The maximum atomic E-state index is 10.7. The van der Waals surface area contributed by atoms with E-state index in [-0.39, 0.29) is 6.42 Å². The zero-order chi connectivity index (χ0) is 11.8. The summed E-state index contributed by atoms with van der Waals surface area (Å²) in [5.41, 5.74) is 0.818. The Morgan fingerprint density at radius 3 is 2.81 bits per heavy atom. The number of aliphatic hydroxyl groups is 1. The van der Waals surface area contributed by atoms with Gasteiger partial charge in [0.2, 0.25) is 0 Å². The minimum atomic E-state index is -1.49. The van der Waals surface area contributed by atoms with Crippen LogP contribution < -0.4 is 0 Å². The standard InChI is InChI=1S/C13H12O3/c1-9-7-11-4-2-3-10(11)5-6-13(9,16)8-12(14)15/h2-7,16H,1,8H2,(H,14,15). The first-order valence-electron chi connectivity index (χ1n) is 4.94. The number of hydrogen-bond donors (Lipinski definition) is 2. The fourth-order valence-corrected chi connectivity index (χ4v) is 1.78. The van der Waals surface area contributed by atoms with Gasteiger partial charge in [0.1, 0.15) is 5.60 Å². The van der Waals surface area contributed by atoms with Crippen LogP contribution in [-0.2, 0) is 4.79 Å². The third-order valence-corrected chi connectivity index (χ3v) is 2.73. The molecule has 0 aliphatic heterocycles. The van der Waals surface area contributed by atoms with E-state index in [0.717, 1.165) is 11.1 Å². The van der Waals surface area contributed by atoms with Crippen LogP contribution in [0.15, 0.2) is 59.8 Å². The monoisotopic (exact) mass is 216 g/mol. The minimum absolute atomic E-state index is 0.372. The number of aliphatic carboxylic acids is 1. The fourth-order valence-electron chi connectivity index (χ4n) is 1.78. The van der Waals surface area contributed by atoms with Gasteiger partial charge in [-0.3, -0.25) is 4.79 Å². The lowest BCUT2D eigenvalue weighted by molar-refractivity contribution is -0.140. The number of carboxylic acids is 1. The van der Waals surface area contributed by atoms with E-state index in [1.165, 1.54) is 6.08 Å². The van der Waals surface area contributed by atoms with Crippen LogP contribution in [-0.4, -0.2) is 21.8 Å². The van der Waals surface area contributed by atoms with E-state index >= 15 is 0 Å². The van der Waals surface area contributed by atoms with E-state index in [4.69, 9.17) is 5.11 Å². The van der Waals surface area contributed by atoms with Gasteiger partial charge < -0.3 is 10.2 Å². The molecule has 16 heavy (non-hydrogen) atoms. The summed E-state index contributed by atoms with van der Waals surface area (Å²) < 4.78 is 0. The predicted molar refractivity (Wildman–Crippen MR) is 60.8 cm³/mol. The van der Waals surface area contributed by atoms with Crippen molar-refractivity contribution in [1.82, 2.24) is 0 Å². The second-order valence-electron chi connectivity index (χ2n) is 3.93. The molecule has 0 saturated carbocycles. The van der Waals surface area contributed by atoms with Gasteiger partial charge in [0.25, 0.3) is 0 Å². The van der Waals surface area contributed by atoms with Gasteiger partial charge in [0, 0.05) is 0 Å². The molecular weight excluding hydrogens is 204 g/mol. The Labute approximate surface area is 93.4 Å². The number of rotatable bonds is 2. The Balaban J connectivity index is 2.39. The smallest absolute Gasteiger partial charge is 0.306 e. The number of fused-ring (bicyclic) bond motifs is 1. The lowest BCUT2D eigenvalue weighted by Gasteiger charge is -2.22. The van der Waals surface area contributed by atoms with Crippen LogP contribution in [0.2, 0.25) is 0 Å². The third kappa shape index (κ3) is 1.77. The first-order valence-corrected chi connectivity index (χ1v) is 4.94. The average molecular weight is 216 g/mol. The van der Waals surface area contributed by atoms with E-state index in [2.05, 4.69) is 6.58 Å². The van der Waals surface area contributed by atoms with Gasteiger partial charge in [-0.2, -0.15) is 0 Å². The predicted octanol–water partition coefficient (Wildman–Crippen LogP) is 1.74. The Morgan fingerprint density at radius 1 is 1.38 bits per heavy atom. The van der Waals surface area contributed by atoms with Crippen LogP contribution in [0.4, 0.5) is 0 Å². The Morgan fingerprint density at radius 2 is 2.12 bits per heavy atom. The zero-order valence-corrected chi connectivity index (χ0v) is 8.68. The van der Waals surface area contributed by atoms with E-state index in [1.807, 2.05) is 18.2 Å². The van der Waals surface area contributed by atoms with Crippen LogP contribution >= 0.6 is 0 Å². The van der Waals surface area contributed by atoms with Crippen molar-refractivity contribution in [3.63, 3.8) is 0 Å². The summed E-state index contributed by atoms with van der Waals surface area (Å²) in [6, 6.07) is 0. The summed E-state index contributed by atoms with van der Waals surface area (Å²) in [4.78, 5) is 10.7. The summed E-state index contributed by atoms with van der Waals surface area (Å²) in [5, 5.41) is 18.9. The molecule has 2 N–H and O–H groups in total. The topological polar surface area (TPSA) is 57.5 Å². The largest absolute Gasteiger partial charge is 0.481 e. The molecule has 0 spiro atoms. The molecule has 0 heterocycles. The molecule has 0 saturated heterocycles. The van der Waals surface area contributed by atoms with Gasteiger partial charge in [-0.25, -0.2) is 0 Å². The number of carbonyl (C=O) groups is 1. The quantitative estimate of drug-likeness (QED) is 0.739. The average Bonchev–Trinajstić information content (AvgIpc) is 2.57. The highest BCUT2D eigenvalue weighted by Gasteiger charge is 2.31. The van der Waals surface area contributed by atoms with Crippen LogP contribution in [0.3, 0.4) is 0 Å². The van der Waals surface area contributed by atoms with Crippen LogP contribution in [0.1, 0.15) is 6.42 Å². The first-order chi connectivity index (χ1) is 7.51. The molecule has 3 nitrogen and oxygen atoms in total. The van der Waals surface area contributed by atoms with E-state index in [1.54, 1.807) is 12.2 Å². The molecule has 0 aromatic heterocycles. The Bertz CT molecular complexity index is 477. The molecule has 2 aliphatic rings. The summed E-state index contributed by atoms with van der Waals surface area (Å²) in [6.07, 6.45) is 10.3. The maximum Gasteiger partial charge on any atom is 0.306 e. The van der Waals surface area contributed by atoms with Crippen molar-refractivity contribution in [1.29, 1.82) is 0 Å². The van der Waals surface area contributed by atoms with E-state index in [0.29, 0.717) is 5.57 Å². The van der Waals surface area contributed by atoms with Crippen molar-refractivity contribution in [3.05, 3.63) is 59.8 Å². The third-order valence-electron chi connectivity index (χ3n) is 2.73.